The summed E-state index contributed by atoms with van der Waals surface area (Å²) in [7, 11) is 0. The van der Waals surface area contributed by atoms with Crippen molar-refractivity contribution < 1.29 is 15.0 Å². The quantitative estimate of drug-likeness (QED) is 0.784. The average molecular weight is 282 g/mol. The van der Waals surface area contributed by atoms with Crippen molar-refractivity contribution in [2.45, 2.75) is 30.1 Å². The molecule has 1 saturated heterocycles. The van der Waals surface area contributed by atoms with Gasteiger partial charge in [-0.05, 0) is 31.7 Å². The van der Waals surface area contributed by atoms with Crippen LogP contribution in [-0.4, -0.2) is 57.1 Å². The van der Waals surface area contributed by atoms with Gasteiger partial charge in [-0.1, -0.05) is 0 Å². The van der Waals surface area contributed by atoms with Crippen molar-refractivity contribution in [3.63, 3.8) is 0 Å². The lowest BCUT2D eigenvalue weighted by molar-refractivity contribution is -0.0999. The van der Waals surface area contributed by atoms with Gasteiger partial charge in [0.25, 0.3) is 5.91 Å². The summed E-state index contributed by atoms with van der Waals surface area (Å²) in [6.07, 6.45) is 2.97. The molecule has 19 heavy (non-hydrogen) atoms. The molecule has 2 rings (SSSR count). The Kier molecular flexibility index (Phi) is 4.13. The predicted octanol–water partition coefficient (Wildman–Crippen LogP) is 0.761. The second kappa shape index (κ2) is 5.48. The molecule has 1 aliphatic rings. The third-order valence-electron chi connectivity index (χ3n) is 3.48. The van der Waals surface area contributed by atoms with Gasteiger partial charge in [-0.3, -0.25) is 4.79 Å². The molecule has 0 unspecified atom stereocenters. The first kappa shape index (κ1) is 14.3. The molecule has 5 nitrogen and oxygen atoms in total. The van der Waals surface area contributed by atoms with Gasteiger partial charge in [0.1, 0.15) is 5.03 Å². The van der Waals surface area contributed by atoms with Crippen molar-refractivity contribution in [3.8, 4) is 0 Å². The fraction of sp³-hybridized carbons (Fsp3) is 0.538. The second-order valence-electron chi connectivity index (χ2n) is 4.93. The van der Waals surface area contributed by atoms with Crippen LogP contribution in [0.4, 0.5) is 0 Å². The lowest BCUT2D eigenvalue weighted by Crippen LogP contribution is -2.55. The minimum atomic E-state index is -1.12. The van der Waals surface area contributed by atoms with E-state index in [0.29, 0.717) is 23.6 Å². The maximum Gasteiger partial charge on any atom is 0.256 e. The summed E-state index contributed by atoms with van der Waals surface area (Å²) in [4.78, 5) is 18.1. The molecule has 0 aliphatic carbocycles. The van der Waals surface area contributed by atoms with Gasteiger partial charge in [0.2, 0.25) is 0 Å². The highest BCUT2D eigenvalue weighted by molar-refractivity contribution is 7.98. The number of amides is 1. The summed E-state index contributed by atoms with van der Waals surface area (Å²) in [6.45, 7) is 2.18. The fourth-order valence-corrected chi connectivity index (χ4v) is 2.64. The first-order chi connectivity index (χ1) is 8.95. The Labute approximate surface area is 116 Å². The Hall–Kier alpha value is -1.11. The number of thioether (sulfide) groups is 1. The topological polar surface area (TPSA) is 73.7 Å². The Morgan fingerprint density at radius 1 is 1.63 bits per heavy atom. The third-order valence-corrected chi connectivity index (χ3v) is 4.19. The molecular formula is C13H18N2O3S. The highest BCUT2D eigenvalue weighted by Gasteiger charge is 2.38. The molecule has 0 bridgehead atoms. The van der Waals surface area contributed by atoms with E-state index in [1.165, 1.54) is 11.8 Å². The molecule has 1 aromatic rings. The van der Waals surface area contributed by atoms with Crippen LogP contribution in [0.5, 0.6) is 0 Å². The van der Waals surface area contributed by atoms with E-state index in [4.69, 9.17) is 0 Å². The van der Waals surface area contributed by atoms with Crippen molar-refractivity contribution in [1.82, 2.24) is 9.88 Å². The smallest absolute Gasteiger partial charge is 0.256 e. The highest BCUT2D eigenvalue weighted by atomic mass is 32.2. The van der Waals surface area contributed by atoms with Gasteiger partial charge in [-0.25, -0.2) is 4.98 Å². The van der Waals surface area contributed by atoms with E-state index < -0.39 is 11.7 Å². The standard InChI is InChI=1S/C13H18N2O3S/c1-13(18)5-7-15(8-10(13)16)12(17)9-4-3-6-14-11(9)19-2/h3-4,6,10,16,18H,5,7-8H2,1-2H3/t10-,13+/m0/s1. The first-order valence-electron chi connectivity index (χ1n) is 6.14. The summed E-state index contributed by atoms with van der Waals surface area (Å²) < 4.78 is 0. The van der Waals surface area contributed by atoms with E-state index in [-0.39, 0.29) is 12.5 Å². The van der Waals surface area contributed by atoms with Gasteiger partial charge in [0.15, 0.2) is 0 Å². The van der Waals surface area contributed by atoms with Crippen molar-refractivity contribution in [2.75, 3.05) is 19.3 Å². The molecule has 2 heterocycles. The van der Waals surface area contributed by atoms with Gasteiger partial charge < -0.3 is 15.1 Å². The number of piperidine rings is 1. The summed E-state index contributed by atoms with van der Waals surface area (Å²) in [6, 6.07) is 3.46. The number of carbonyl (C=O) groups is 1. The zero-order valence-electron chi connectivity index (χ0n) is 11.0. The SMILES string of the molecule is CSc1ncccc1C(=O)N1CC[C@@](C)(O)[C@@H](O)C1. The number of nitrogens with zero attached hydrogens (tertiary/aromatic N) is 2. The zero-order valence-corrected chi connectivity index (χ0v) is 11.9. The van der Waals surface area contributed by atoms with Crippen molar-refractivity contribution in [2.24, 2.45) is 0 Å². The van der Waals surface area contributed by atoms with Crippen LogP contribution in [0.2, 0.25) is 0 Å². The zero-order chi connectivity index (χ0) is 14.0. The third kappa shape index (κ3) is 2.91. The van der Waals surface area contributed by atoms with Gasteiger partial charge in [-0.15, -0.1) is 11.8 Å². The van der Waals surface area contributed by atoms with E-state index in [2.05, 4.69) is 4.98 Å². The van der Waals surface area contributed by atoms with Crippen LogP contribution < -0.4 is 0 Å². The Morgan fingerprint density at radius 3 is 3.00 bits per heavy atom. The van der Waals surface area contributed by atoms with E-state index in [9.17, 15) is 15.0 Å². The van der Waals surface area contributed by atoms with Gasteiger partial charge in [-0.2, -0.15) is 0 Å². The second-order valence-corrected chi connectivity index (χ2v) is 5.73. The fourth-order valence-electron chi connectivity index (χ4n) is 2.10. The lowest BCUT2D eigenvalue weighted by atomic mass is 9.90. The molecular weight excluding hydrogens is 264 g/mol. The van der Waals surface area contributed by atoms with Gasteiger partial charge >= 0.3 is 0 Å². The number of pyridine rings is 1. The number of aliphatic hydroxyl groups is 2. The molecule has 6 heteroatoms. The number of rotatable bonds is 2. The monoisotopic (exact) mass is 282 g/mol. The van der Waals surface area contributed by atoms with Crippen LogP contribution in [0.3, 0.4) is 0 Å². The molecule has 0 spiro atoms. The Bertz CT molecular complexity index is 479. The van der Waals surface area contributed by atoms with E-state index in [0.717, 1.165) is 0 Å². The van der Waals surface area contributed by atoms with Crippen LogP contribution >= 0.6 is 11.8 Å². The molecule has 0 aromatic carbocycles. The maximum atomic E-state index is 12.4. The summed E-state index contributed by atoms with van der Waals surface area (Å²) in [5.41, 5.74) is -0.572. The molecule has 2 N–H and O–H groups in total. The van der Waals surface area contributed by atoms with Crippen LogP contribution in [-0.2, 0) is 0 Å². The van der Waals surface area contributed by atoms with E-state index in [1.807, 2.05) is 6.26 Å². The lowest BCUT2D eigenvalue weighted by Gasteiger charge is -2.40. The van der Waals surface area contributed by atoms with Crippen LogP contribution in [0.1, 0.15) is 23.7 Å². The molecule has 0 saturated carbocycles. The number of aromatic nitrogens is 1. The van der Waals surface area contributed by atoms with Crippen molar-refractivity contribution >= 4 is 17.7 Å². The number of hydrogen-bond donors (Lipinski definition) is 2. The number of hydrogen-bond acceptors (Lipinski definition) is 5. The molecule has 2 atom stereocenters. The Morgan fingerprint density at radius 2 is 2.37 bits per heavy atom. The molecule has 1 fully saturated rings. The highest BCUT2D eigenvalue weighted by Crippen LogP contribution is 2.25. The number of likely N-dealkylation sites (tertiary alicyclic amines) is 1. The summed E-state index contributed by atoms with van der Waals surface area (Å²) in [5.74, 6) is -0.146. The van der Waals surface area contributed by atoms with Crippen LogP contribution in [0.25, 0.3) is 0 Å². The Balaban J connectivity index is 2.17. The largest absolute Gasteiger partial charge is 0.388 e. The minimum Gasteiger partial charge on any atom is -0.388 e. The number of β-amino-alcohol motifs (C(OH)–C–C–N with tert-alkyl or cyclic N) is 1. The summed E-state index contributed by atoms with van der Waals surface area (Å²) in [5, 5.41) is 20.5. The maximum absolute atomic E-state index is 12.4. The van der Waals surface area contributed by atoms with E-state index >= 15 is 0 Å². The van der Waals surface area contributed by atoms with Crippen LogP contribution in [0, 0.1) is 0 Å². The number of carbonyl (C=O) groups excluding carboxylic acids is 1. The van der Waals surface area contributed by atoms with Crippen molar-refractivity contribution in [3.05, 3.63) is 23.9 Å². The van der Waals surface area contributed by atoms with E-state index in [1.54, 1.807) is 30.2 Å². The van der Waals surface area contributed by atoms with Crippen molar-refractivity contribution in [1.29, 1.82) is 0 Å². The molecule has 1 amide bonds. The van der Waals surface area contributed by atoms with Gasteiger partial charge in [0, 0.05) is 19.3 Å². The molecule has 0 radical (unpaired) electrons. The first-order valence-corrected chi connectivity index (χ1v) is 7.37. The minimum absolute atomic E-state index is 0.146. The molecule has 1 aromatic heterocycles. The predicted molar refractivity (Wildman–Crippen MR) is 73.2 cm³/mol. The van der Waals surface area contributed by atoms with Gasteiger partial charge in [0.05, 0.1) is 17.3 Å². The molecule has 104 valence electrons. The molecule has 1 aliphatic heterocycles. The normalized spacial score (nSPS) is 27.4. The average Bonchev–Trinajstić information content (AvgIpc) is 2.41. The summed E-state index contributed by atoms with van der Waals surface area (Å²) >= 11 is 1.42. The number of aliphatic hydroxyl groups excluding tert-OH is 1. The van der Waals surface area contributed by atoms with Crippen LogP contribution in [0.15, 0.2) is 23.4 Å².